The molecule has 1 N–H and O–H groups in total. The molecule has 5 heteroatoms. The van der Waals surface area contributed by atoms with Gasteiger partial charge in [0.1, 0.15) is 11.6 Å². The predicted molar refractivity (Wildman–Crippen MR) is 86.0 cm³/mol. The largest absolute Gasteiger partial charge is 0.390 e. The van der Waals surface area contributed by atoms with E-state index in [1.54, 1.807) is 0 Å². The Morgan fingerprint density at radius 1 is 1.45 bits per heavy atom. The van der Waals surface area contributed by atoms with Crippen LogP contribution in [0.4, 0.5) is 5.82 Å². The Hall–Kier alpha value is -1.20. The summed E-state index contributed by atoms with van der Waals surface area (Å²) in [7, 11) is 0. The molecule has 2 saturated heterocycles. The van der Waals surface area contributed by atoms with Crippen LogP contribution < -0.4 is 4.90 Å². The van der Waals surface area contributed by atoms with E-state index >= 15 is 0 Å². The van der Waals surface area contributed by atoms with Crippen LogP contribution in [0.3, 0.4) is 0 Å². The number of hydrogen-bond donors (Lipinski definition) is 1. The third kappa shape index (κ3) is 2.97. The Kier molecular flexibility index (Phi) is 4.37. The quantitative estimate of drug-likeness (QED) is 0.929. The van der Waals surface area contributed by atoms with Crippen molar-refractivity contribution in [1.82, 2.24) is 9.97 Å². The molecule has 0 bridgehead atoms. The molecule has 1 aromatic rings. The van der Waals surface area contributed by atoms with E-state index < -0.39 is 5.60 Å². The lowest BCUT2D eigenvalue weighted by molar-refractivity contribution is -0.108. The molecular weight excluding hydrogens is 278 g/mol. The molecule has 2 aliphatic rings. The number of nitrogens with zero attached hydrogens (tertiary/aromatic N) is 3. The van der Waals surface area contributed by atoms with Crippen molar-refractivity contribution >= 4 is 5.82 Å². The van der Waals surface area contributed by atoms with Crippen LogP contribution in [0.15, 0.2) is 12.3 Å². The molecule has 2 aliphatic heterocycles. The third-order valence-electron chi connectivity index (χ3n) is 5.08. The minimum atomic E-state index is -0.653. The molecule has 0 aromatic carbocycles. The lowest BCUT2D eigenvalue weighted by Crippen LogP contribution is -2.52. The predicted octanol–water partition coefficient (Wildman–Crippen LogP) is 2.36. The normalized spacial score (nSPS) is 32.7. The van der Waals surface area contributed by atoms with Crippen LogP contribution in [0.2, 0.25) is 0 Å². The molecule has 0 unspecified atom stereocenters. The lowest BCUT2D eigenvalue weighted by atomic mass is 9.79. The van der Waals surface area contributed by atoms with Gasteiger partial charge in [0.05, 0.1) is 12.2 Å². The van der Waals surface area contributed by atoms with Crippen LogP contribution in [-0.4, -0.2) is 46.5 Å². The van der Waals surface area contributed by atoms with E-state index in [0.717, 1.165) is 31.0 Å². The van der Waals surface area contributed by atoms with E-state index in [1.807, 2.05) is 19.2 Å². The summed E-state index contributed by atoms with van der Waals surface area (Å²) in [5.74, 6) is 2.33. The van der Waals surface area contributed by atoms with Crippen molar-refractivity contribution < 1.29 is 9.84 Å². The molecule has 1 aromatic heterocycles. The molecule has 122 valence electrons. The van der Waals surface area contributed by atoms with E-state index in [2.05, 4.69) is 23.7 Å². The summed E-state index contributed by atoms with van der Waals surface area (Å²) in [6.07, 6.45) is 4.79. The number of anilines is 1. The number of ether oxygens (including phenoxy) is 1. The topological polar surface area (TPSA) is 58.5 Å². The van der Waals surface area contributed by atoms with Crippen molar-refractivity contribution in [3.63, 3.8) is 0 Å². The molecule has 0 aliphatic carbocycles. The highest BCUT2D eigenvalue weighted by molar-refractivity contribution is 5.41. The van der Waals surface area contributed by atoms with Crippen LogP contribution in [0.1, 0.15) is 51.8 Å². The average molecular weight is 305 g/mol. The fraction of sp³-hybridized carbons (Fsp3) is 0.765. The second kappa shape index (κ2) is 6.13. The summed E-state index contributed by atoms with van der Waals surface area (Å²) in [6, 6.07) is 2.29. The fourth-order valence-corrected chi connectivity index (χ4v) is 3.68. The second-order valence-electron chi connectivity index (χ2n) is 7.12. The van der Waals surface area contributed by atoms with E-state index in [4.69, 9.17) is 9.72 Å². The smallest absolute Gasteiger partial charge is 0.133 e. The van der Waals surface area contributed by atoms with Gasteiger partial charge in [0.15, 0.2) is 0 Å². The third-order valence-corrected chi connectivity index (χ3v) is 5.08. The van der Waals surface area contributed by atoms with Gasteiger partial charge < -0.3 is 14.7 Å². The van der Waals surface area contributed by atoms with Crippen LogP contribution in [-0.2, 0) is 4.74 Å². The average Bonchev–Trinajstić information content (AvgIpc) is 2.96. The van der Waals surface area contributed by atoms with Gasteiger partial charge in [-0.2, -0.15) is 0 Å². The molecule has 0 amide bonds. The molecule has 2 fully saturated rings. The Morgan fingerprint density at radius 2 is 2.27 bits per heavy atom. The Bertz CT molecular complexity index is 518. The maximum absolute atomic E-state index is 10.8. The fourth-order valence-electron chi connectivity index (χ4n) is 3.68. The van der Waals surface area contributed by atoms with Gasteiger partial charge >= 0.3 is 0 Å². The van der Waals surface area contributed by atoms with Crippen molar-refractivity contribution in [3.8, 4) is 0 Å². The zero-order valence-electron chi connectivity index (χ0n) is 13.8. The molecule has 3 rings (SSSR count). The summed E-state index contributed by atoms with van der Waals surface area (Å²) >= 11 is 0. The Balaban J connectivity index is 1.85. The first-order chi connectivity index (χ1) is 10.5. The molecule has 0 saturated carbocycles. The van der Waals surface area contributed by atoms with Crippen LogP contribution in [0, 0.1) is 5.92 Å². The number of hydrogen-bond acceptors (Lipinski definition) is 5. The Morgan fingerprint density at radius 3 is 3.00 bits per heavy atom. The van der Waals surface area contributed by atoms with Gasteiger partial charge in [-0.25, -0.2) is 9.97 Å². The van der Waals surface area contributed by atoms with Gasteiger partial charge in [-0.15, -0.1) is 0 Å². The molecule has 3 atom stereocenters. The lowest BCUT2D eigenvalue weighted by Gasteiger charge is -2.43. The van der Waals surface area contributed by atoms with Gasteiger partial charge in [0.2, 0.25) is 0 Å². The zero-order valence-corrected chi connectivity index (χ0v) is 13.8. The van der Waals surface area contributed by atoms with Crippen molar-refractivity contribution in [3.05, 3.63) is 18.1 Å². The number of aromatic nitrogens is 2. The minimum absolute atomic E-state index is 0.140. The van der Waals surface area contributed by atoms with E-state index in [-0.39, 0.29) is 5.92 Å². The second-order valence-corrected chi connectivity index (χ2v) is 7.12. The van der Waals surface area contributed by atoms with Gasteiger partial charge in [-0.05, 0) is 32.3 Å². The maximum Gasteiger partial charge on any atom is 0.133 e. The van der Waals surface area contributed by atoms with Gasteiger partial charge in [-0.3, -0.25) is 0 Å². The standard InChI is InChI=1S/C17H27N3O2/c1-12(2)16-18-8-6-15(19-16)20-9-4-5-14(20)13-11-22-10-7-17(13,3)21/h6,8,12-14,21H,4-5,7,9-11H2,1-3H3/t13-,14+,17+/m0/s1. The van der Waals surface area contributed by atoms with Crippen molar-refractivity contribution in [2.24, 2.45) is 5.92 Å². The van der Waals surface area contributed by atoms with Crippen LogP contribution >= 0.6 is 0 Å². The molecular formula is C17H27N3O2. The van der Waals surface area contributed by atoms with Gasteiger partial charge in [0.25, 0.3) is 0 Å². The SMILES string of the molecule is CC(C)c1nccc(N2CCC[C@@H]2[C@@H]2COCC[C@@]2(C)O)n1. The highest BCUT2D eigenvalue weighted by Gasteiger charge is 2.44. The van der Waals surface area contributed by atoms with Gasteiger partial charge in [0, 0.05) is 37.2 Å². The molecule has 5 nitrogen and oxygen atoms in total. The summed E-state index contributed by atoms with van der Waals surface area (Å²) in [4.78, 5) is 11.5. The van der Waals surface area contributed by atoms with E-state index in [1.165, 1.54) is 0 Å². The van der Waals surface area contributed by atoms with E-state index in [0.29, 0.717) is 31.6 Å². The number of rotatable bonds is 3. The maximum atomic E-state index is 10.8. The minimum Gasteiger partial charge on any atom is -0.390 e. The first kappa shape index (κ1) is 15.7. The summed E-state index contributed by atoms with van der Waals surface area (Å²) in [5.41, 5.74) is -0.653. The highest BCUT2D eigenvalue weighted by Crippen LogP contribution is 2.37. The zero-order chi connectivity index (χ0) is 15.7. The summed E-state index contributed by atoms with van der Waals surface area (Å²) in [6.45, 7) is 8.46. The van der Waals surface area contributed by atoms with Crippen molar-refractivity contribution in [2.75, 3.05) is 24.7 Å². The molecule has 22 heavy (non-hydrogen) atoms. The first-order valence-corrected chi connectivity index (χ1v) is 8.39. The van der Waals surface area contributed by atoms with Crippen LogP contribution in [0.25, 0.3) is 0 Å². The number of aliphatic hydroxyl groups is 1. The summed E-state index contributed by atoms with van der Waals surface area (Å²) < 4.78 is 5.66. The molecule has 0 radical (unpaired) electrons. The molecule has 3 heterocycles. The van der Waals surface area contributed by atoms with Crippen LogP contribution in [0.5, 0.6) is 0 Å². The first-order valence-electron chi connectivity index (χ1n) is 8.39. The van der Waals surface area contributed by atoms with Crippen molar-refractivity contribution in [1.29, 1.82) is 0 Å². The van der Waals surface area contributed by atoms with Crippen molar-refractivity contribution in [2.45, 2.75) is 57.6 Å². The summed E-state index contributed by atoms with van der Waals surface area (Å²) in [5, 5.41) is 10.8. The highest BCUT2D eigenvalue weighted by atomic mass is 16.5. The monoisotopic (exact) mass is 305 g/mol. The molecule has 0 spiro atoms. The Labute approximate surface area is 132 Å². The van der Waals surface area contributed by atoms with E-state index in [9.17, 15) is 5.11 Å². The van der Waals surface area contributed by atoms with Gasteiger partial charge in [-0.1, -0.05) is 13.8 Å².